The van der Waals surface area contributed by atoms with Crippen LogP contribution in [0.2, 0.25) is 0 Å². The molecule has 0 amide bonds. The molecule has 1 aromatic heterocycles. The van der Waals surface area contributed by atoms with E-state index in [0.717, 1.165) is 0 Å². The molecule has 1 unspecified atom stereocenters. The molecule has 0 aliphatic heterocycles. The van der Waals surface area contributed by atoms with Crippen LogP contribution >= 0.6 is 0 Å². The van der Waals surface area contributed by atoms with Gasteiger partial charge >= 0.3 is 6.36 Å². The number of aliphatic hydroxyl groups excluding tert-OH is 1. The SMILES string of the molecule is Cn1ccc(C(O)Cc2ccc(OC(F)(F)F)cc2)n1. The van der Waals surface area contributed by atoms with E-state index in [9.17, 15) is 18.3 Å². The second-order valence-corrected chi connectivity index (χ2v) is 4.33. The third-order valence-corrected chi connectivity index (χ3v) is 2.66. The van der Waals surface area contributed by atoms with Crippen LogP contribution in [-0.2, 0) is 13.5 Å². The maximum absolute atomic E-state index is 12.0. The highest BCUT2D eigenvalue weighted by atomic mass is 19.4. The predicted octanol–water partition coefficient (Wildman–Crippen LogP) is 2.59. The molecule has 0 saturated carbocycles. The number of alkyl halides is 3. The van der Waals surface area contributed by atoms with Gasteiger partial charge in [0.1, 0.15) is 11.9 Å². The molecule has 0 saturated heterocycles. The van der Waals surface area contributed by atoms with Crippen molar-refractivity contribution in [3.8, 4) is 5.75 Å². The highest BCUT2D eigenvalue weighted by Gasteiger charge is 2.30. The van der Waals surface area contributed by atoms with E-state index in [4.69, 9.17) is 0 Å². The number of rotatable bonds is 4. The van der Waals surface area contributed by atoms with Gasteiger partial charge in [-0.15, -0.1) is 13.2 Å². The third-order valence-electron chi connectivity index (χ3n) is 2.66. The molecule has 1 N–H and O–H groups in total. The Balaban J connectivity index is 2.00. The van der Waals surface area contributed by atoms with Crippen LogP contribution < -0.4 is 4.74 Å². The molecule has 0 aliphatic rings. The molecular formula is C13H13F3N2O2. The summed E-state index contributed by atoms with van der Waals surface area (Å²) in [6.45, 7) is 0. The molecule has 2 aromatic rings. The summed E-state index contributed by atoms with van der Waals surface area (Å²) in [5.74, 6) is -0.284. The molecule has 0 bridgehead atoms. The number of ether oxygens (including phenoxy) is 1. The molecule has 2 rings (SSSR count). The van der Waals surface area contributed by atoms with Gasteiger partial charge in [0.15, 0.2) is 0 Å². The molecule has 0 spiro atoms. The minimum absolute atomic E-state index is 0.267. The Morgan fingerprint density at radius 2 is 1.90 bits per heavy atom. The van der Waals surface area contributed by atoms with Gasteiger partial charge in [0.2, 0.25) is 0 Å². The fourth-order valence-corrected chi connectivity index (χ4v) is 1.77. The monoisotopic (exact) mass is 286 g/mol. The molecule has 7 heteroatoms. The van der Waals surface area contributed by atoms with Crippen LogP contribution in [-0.4, -0.2) is 21.2 Å². The Bertz CT molecular complexity index is 564. The molecule has 1 atom stereocenters. The first-order valence-electron chi connectivity index (χ1n) is 5.86. The molecule has 0 radical (unpaired) electrons. The summed E-state index contributed by atoms with van der Waals surface area (Å²) in [7, 11) is 1.74. The van der Waals surface area contributed by atoms with Gasteiger partial charge in [-0.2, -0.15) is 5.10 Å². The Labute approximate surface area is 113 Å². The van der Waals surface area contributed by atoms with Crippen LogP contribution in [0.1, 0.15) is 17.4 Å². The van der Waals surface area contributed by atoms with E-state index in [0.29, 0.717) is 11.3 Å². The molecule has 4 nitrogen and oxygen atoms in total. The van der Waals surface area contributed by atoms with Gasteiger partial charge in [0, 0.05) is 19.7 Å². The Morgan fingerprint density at radius 1 is 1.25 bits per heavy atom. The van der Waals surface area contributed by atoms with Gasteiger partial charge in [0.25, 0.3) is 0 Å². The van der Waals surface area contributed by atoms with Crippen LogP contribution in [0.3, 0.4) is 0 Å². The molecule has 1 aromatic carbocycles. The van der Waals surface area contributed by atoms with Crippen LogP contribution in [0, 0.1) is 0 Å². The first kappa shape index (κ1) is 14.4. The molecule has 20 heavy (non-hydrogen) atoms. The number of aromatic nitrogens is 2. The van der Waals surface area contributed by atoms with E-state index < -0.39 is 12.5 Å². The third kappa shape index (κ3) is 3.99. The summed E-state index contributed by atoms with van der Waals surface area (Å²) in [5.41, 5.74) is 1.21. The Hall–Kier alpha value is -2.02. The summed E-state index contributed by atoms with van der Waals surface area (Å²) in [6.07, 6.45) is -3.53. The predicted molar refractivity (Wildman–Crippen MR) is 65.0 cm³/mol. The van der Waals surface area contributed by atoms with Gasteiger partial charge in [-0.1, -0.05) is 12.1 Å². The first-order valence-corrected chi connectivity index (χ1v) is 5.86. The fourth-order valence-electron chi connectivity index (χ4n) is 1.77. The van der Waals surface area contributed by atoms with Crippen molar-refractivity contribution in [2.45, 2.75) is 18.9 Å². The summed E-state index contributed by atoms with van der Waals surface area (Å²) in [6, 6.07) is 7.08. The molecule has 0 aliphatic carbocycles. The normalized spacial score (nSPS) is 13.2. The van der Waals surface area contributed by atoms with Crippen molar-refractivity contribution in [2.75, 3.05) is 0 Å². The quantitative estimate of drug-likeness (QED) is 0.939. The van der Waals surface area contributed by atoms with Crippen molar-refractivity contribution in [1.82, 2.24) is 9.78 Å². The average Bonchev–Trinajstić information content (AvgIpc) is 2.77. The largest absolute Gasteiger partial charge is 0.573 e. The standard InChI is InChI=1S/C13H13F3N2O2/c1-18-7-6-11(17-18)12(19)8-9-2-4-10(5-3-9)20-13(14,15)16/h2-7,12,19H,8H2,1H3. The van der Waals surface area contributed by atoms with Crippen molar-refractivity contribution < 1.29 is 23.0 Å². The maximum Gasteiger partial charge on any atom is 0.573 e. The van der Waals surface area contributed by atoms with Gasteiger partial charge in [-0.05, 0) is 23.8 Å². The van der Waals surface area contributed by atoms with Gasteiger partial charge in [-0.3, -0.25) is 4.68 Å². The average molecular weight is 286 g/mol. The fraction of sp³-hybridized carbons (Fsp3) is 0.308. The molecule has 1 heterocycles. The van der Waals surface area contributed by atoms with E-state index in [2.05, 4.69) is 9.84 Å². The van der Waals surface area contributed by atoms with E-state index in [1.54, 1.807) is 24.0 Å². The van der Waals surface area contributed by atoms with Gasteiger partial charge in [-0.25, -0.2) is 0 Å². The number of halogens is 3. The lowest BCUT2D eigenvalue weighted by atomic mass is 10.1. The lowest BCUT2D eigenvalue weighted by Gasteiger charge is -2.11. The van der Waals surface area contributed by atoms with Crippen molar-refractivity contribution in [1.29, 1.82) is 0 Å². The number of hydrogen-bond acceptors (Lipinski definition) is 3. The minimum Gasteiger partial charge on any atom is -0.406 e. The molecular weight excluding hydrogens is 273 g/mol. The van der Waals surface area contributed by atoms with Crippen LogP contribution in [0.5, 0.6) is 5.75 Å². The summed E-state index contributed by atoms with van der Waals surface area (Å²) in [5, 5.41) is 14.0. The second kappa shape index (κ2) is 5.54. The van der Waals surface area contributed by atoms with Crippen molar-refractivity contribution >= 4 is 0 Å². The van der Waals surface area contributed by atoms with Crippen LogP contribution in [0.25, 0.3) is 0 Å². The number of hydrogen-bond donors (Lipinski definition) is 1. The number of aliphatic hydroxyl groups is 1. The zero-order valence-corrected chi connectivity index (χ0v) is 10.6. The zero-order chi connectivity index (χ0) is 14.8. The van der Waals surface area contributed by atoms with E-state index >= 15 is 0 Å². The highest BCUT2D eigenvalue weighted by molar-refractivity contribution is 5.28. The lowest BCUT2D eigenvalue weighted by Crippen LogP contribution is -2.17. The smallest absolute Gasteiger partial charge is 0.406 e. The van der Waals surface area contributed by atoms with Crippen molar-refractivity contribution in [3.05, 3.63) is 47.8 Å². The van der Waals surface area contributed by atoms with Gasteiger partial charge in [0.05, 0.1) is 5.69 Å². The van der Waals surface area contributed by atoms with E-state index in [1.807, 2.05) is 0 Å². The molecule has 108 valence electrons. The maximum atomic E-state index is 12.0. The second-order valence-electron chi connectivity index (χ2n) is 4.33. The number of benzene rings is 1. The van der Waals surface area contributed by atoms with Crippen molar-refractivity contribution in [2.24, 2.45) is 7.05 Å². The first-order chi connectivity index (χ1) is 9.33. The lowest BCUT2D eigenvalue weighted by molar-refractivity contribution is -0.274. The number of nitrogens with zero attached hydrogens (tertiary/aromatic N) is 2. The summed E-state index contributed by atoms with van der Waals surface area (Å²) < 4.78 is 41.3. The van der Waals surface area contributed by atoms with E-state index in [1.165, 1.54) is 24.3 Å². The Kier molecular flexibility index (Phi) is 3.99. The summed E-state index contributed by atoms with van der Waals surface area (Å²) in [4.78, 5) is 0. The van der Waals surface area contributed by atoms with E-state index in [-0.39, 0.29) is 12.2 Å². The summed E-state index contributed by atoms with van der Waals surface area (Å²) >= 11 is 0. The zero-order valence-electron chi connectivity index (χ0n) is 10.6. The Morgan fingerprint density at radius 3 is 2.40 bits per heavy atom. The van der Waals surface area contributed by atoms with Crippen LogP contribution in [0.15, 0.2) is 36.5 Å². The molecule has 0 fully saturated rings. The topological polar surface area (TPSA) is 47.3 Å². The number of aryl methyl sites for hydroxylation is 1. The highest BCUT2D eigenvalue weighted by Crippen LogP contribution is 2.24. The van der Waals surface area contributed by atoms with Crippen molar-refractivity contribution in [3.63, 3.8) is 0 Å². The minimum atomic E-state index is -4.70. The van der Waals surface area contributed by atoms with Crippen LogP contribution in [0.4, 0.5) is 13.2 Å². The van der Waals surface area contributed by atoms with Gasteiger partial charge < -0.3 is 9.84 Å².